The van der Waals surface area contributed by atoms with Gasteiger partial charge < -0.3 is 5.11 Å². The number of halogens is 1. The maximum atomic E-state index is 13.2. The second-order valence-electron chi connectivity index (χ2n) is 2.92. The van der Waals surface area contributed by atoms with E-state index in [2.05, 4.69) is 4.72 Å². The molecule has 0 aliphatic heterocycles. The van der Waals surface area contributed by atoms with Crippen LogP contribution in [0, 0.1) is 5.82 Å². The van der Waals surface area contributed by atoms with Crippen molar-refractivity contribution in [3.8, 4) is 0 Å². The lowest BCUT2D eigenvalue weighted by atomic mass is 10.2. The molecule has 1 rings (SSSR count). The van der Waals surface area contributed by atoms with Gasteiger partial charge in [-0.1, -0.05) is 13.0 Å². The number of aliphatic hydroxyl groups is 1. The van der Waals surface area contributed by atoms with Crippen LogP contribution in [0.1, 0.15) is 12.5 Å². The van der Waals surface area contributed by atoms with Crippen LogP contribution in [0.5, 0.6) is 0 Å². The molecular weight excluding hydrogens is 221 g/mol. The van der Waals surface area contributed by atoms with E-state index in [1.54, 1.807) is 6.92 Å². The standard InChI is InChI=1S/C9H12FNO3S/c1-2-11-15(13,14)9-5-7(6-12)3-4-8(9)10/h3-5,11-12H,2,6H2,1H3. The first-order chi connectivity index (χ1) is 7.01. The van der Waals surface area contributed by atoms with Crippen LogP contribution in [0.25, 0.3) is 0 Å². The summed E-state index contributed by atoms with van der Waals surface area (Å²) in [5.41, 5.74) is 0.355. The highest BCUT2D eigenvalue weighted by Gasteiger charge is 2.18. The summed E-state index contributed by atoms with van der Waals surface area (Å²) in [7, 11) is -3.81. The second kappa shape index (κ2) is 4.69. The van der Waals surface area contributed by atoms with Crippen molar-refractivity contribution in [2.75, 3.05) is 6.54 Å². The number of benzene rings is 1. The van der Waals surface area contributed by atoms with Crippen LogP contribution in [0.15, 0.2) is 23.1 Å². The maximum Gasteiger partial charge on any atom is 0.243 e. The first-order valence-corrected chi connectivity index (χ1v) is 5.88. The lowest BCUT2D eigenvalue weighted by Crippen LogP contribution is -2.24. The van der Waals surface area contributed by atoms with Gasteiger partial charge in [0.15, 0.2) is 0 Å². The lowest BCUT2D eigenvalue weighted by molar-refractivity contribution is 0.281. The molecule has 0 aromatic heterocycles. The smallest absolute Gasteiger partial charge is 0.243 e. The van der Waals surface area contributed by atoms with Gasteiger partial charge >= 0.3 is 0 Å². The summed E-state index contributed by atoms with van der Waals surface area (Å²) in [6.45, 7) is 1.46. The fraction of sp³-hybridized carbons (Fsp3) is 0.333. The summed E-state index contributed by atoms with van der Waals surface area (Å²) in [5, 5.41) is 8.81. The molecule has 4 nitrogen and oxygen atoms in total. The Kier molecular flexibility index (Phi) is 3.78. The number of hydrogen-bond donors (Lipinski definition) is 2. The molecule has 15 heavy (non-hydrogen) atoms. The highest BCUT2D eigenvalue weighted by Crippen LogP contribution is 2.16. The second-order valence-corrected chi connectivity index (χ2v) is 4.66. The van der Waals surface area contributed by atoms with Crippen LogP contribution in [0.2, 0.25) is 0 Å². The van der Waals surface area contributed by atoms with Crippen molar-refractivity contribution in [1.82, 2.24) is 4.72 Å². The zero-order valence-electron chi connectivity index (χ0n) is 8.20. The van der Waals surface area contributed by atoms with E-state index in [-0.39, 0.29) is 13.2 Å². The molecule has 0 atom stereocenters. The van der Waals surface area contributed by atoms with Crippen molar-refractivity contribution < 1.29 is 17.9 Å². The Hall–Kier alpha value is -0.980. The highest BCUT2D eigenvalue weighted by molar-refractivity contribution is 7.89. The van der Waals surface area contributed by atoms with Crippen molar-refractivity contribution in [3.05, 3.63) is 29.6 Å². The molecule has 0 bridgehead atoms. The van der Waals surface area contributed by atoms with Gasteiger partial charge in [0.05, 0.1) is 6.61 Å². The SMILES string of the molecule is CCNS(=O)(=O)c1cc(CO)ccc1F. The van der Waals surface area contributed by atoms with Gasteiger partial charge in [0.2, 0.25) is 10.0 Å². The molecule has 0 saturated carbocycles. The summed E-state index contributed by atoms with van der Waals surface area (Å²) in [5.74, 6) is -0.826. The third-order valence-corrected chi connectivity index (χ3v) is 3.36. The van der Waals surface area contributed by atoms with Gasteiger partial charge in [-0.2, -0.15) is 0 Å². The summed E-state index contributed by atoms with van der Waals surface area (Å²) in [6, 6.07) is 3.48. The molecule has 0 heterocycles. The van der Waals surface area contributed by atoms with Gasteiger partial charge in [-0.25, -0.2) is 17.5 Å². The topological polar surface area (TPSA) is 66.4 Å². The van der Waals surface area contributed by atoms with E-state index in [4.69, 9.17) is 5.11 Å². The van der Waals surface area contributed by atoms with Crippen LogP contribution in [-0.2, 0) is 16.6 Å². The molecule has 0 saturated heterocycles. The number of hydrogen-bond acceptors (Lipinski definition) is 3. The minimum atomic E-state index is -3.81. The molecule has 0 aliphatic carbocycles. The van der Waals surface area contributed by atoms with Crippen molar-refractivity contribution in [1.29, 1.82) is 0 Å². The van der Waals surface area contributed by atoms with Crippen molar-refractivity contribution >= 4 is 10.0 Å². The van der Waals surface area contributed by atoms with Gasteiger partial charge in [0, 0.05) is 6.54 Å². The quantitative estimate of drug-likeness (QED) is 0.801. The van der Waals surface area contributed by atoms with E-state index >= 15 is 0 Å². The fourth-order valence-corrected chi connectivity index (χ4v) is 2.29. The van der Waals surface area contributed by atoms with E-state index in [0.29, 0.717) is 5.56 Å². The molecule has 0 fully saturated rings. The lowest BCUT2D eigenvalue weighted by Gasteiger charge is -2.06. The molecule has 6 heteroatoms. The third-order valence-electron chi connectivity index (χ3n) is 1.80. The Morgan fingerprint density at radius 1 is 1.47 bits per heavy atom. The van der Waals surface area contributed by atoms with Gasteiger partial charge in [0.1, 0.15) is 10.7 Å². The van der Waals surface area contributed by atoms with E-state index in [0.717, 1.165) is 12.1 Å². The molecule has 1 aromatic rings. The average molecular weight is 233 g/mol. The van der Waals surface area contributed by atoms with Crippen LogP contribution in [0.4, 0.5) is 4.39 Å². The summed E-state index contributed by atoms with van der Waals surface area (Å²) in [4.78, 5) is -0.434. The van der Waals surface area contributed by atoms with Crippen LogP contribution < -0.4 is 4.72 Å². The van der Waals surface area contributed by atoms with Crippen molar-refractivity contribution in [2.24, 2.45) is 0 Å². The number of sulfonamides is 1. The van der Waals surface area contributed by atoms with Gasteiger partial charge in [-0.05, 0) is 17.7 Å². The summed E-state index contributed by atoms with van der Waals surface area (Å²) < 4.78 is 38.4. The Balaban J connectivity index is 3.24. The van der Waals surface area contributed by atoms with Gasteiger partial charge in [-0.15, -0.1) is 0 Å². The Morgan fingerprint density at radius 3 is 2.67 bits per heavy atom. The Morgan fingerprint density at radius 2 is 2.13 bits per heavy atom. The van der Waals surface area contributed by atoms with Crippen LogP contribution in [0.3, 0.4) is 0 Å². The Labute approximate surface area is 87.8 Å². The fourth-order valence-electron chi connectivity index (χ4n) is 1.12. The zero-order valence-corrected chi connectivity index (χ0v) is 9.01. The highest BCUT2D eigenvalue weighted by atomic mass is 32.2. The predicted octanol–water partition coefficient (Wildman–Crippen LogP) is 0.616. The minimum Gasteiger partial charge on any atom is -0.392 e. The molecule has 0 aliphatic rings. The Bertz CT molecular complexity index is 445. The van der Waals surface area contributed by atoms with E-state index < -0.39 is 20.7 Å². The van der Waals surface area contributed by atoms with E-state index in [1.807, 2.05) is 0 Å². The first kappa shape index (κ1) is 12.1. The molecule has 84 valence electrons. The van der Waals surface area contributed by atoms with E-state index in [1.165, 1.54) is 6.07 Å². The average Bonchev–Trinajstić information content (AvgIpc) is 2.18. The molecule has 0 unspecified atom stereocenters. The molecular formula is C9H12FNO3S. The molecule has 0 amide bonds. The van der Waals surface area contributed by atoms with Crippen LogP contribution in [-0.4, -0.2) is 20.1 Å². The zero-order chi connectivity index (χ0) is 11.5. The maximum absolute atomic E-state index is 13.2. The largest absolute Gasteiger partial charge is 0.392 e. The molecule has 1 aromatic carbocycles. The van der Waals surface area contributed by atoms with Crippen molar-refractivity contribution in [3.63, 3.8) is 0 Å². The predicted molar refractivity (Wildman–Crippen MR) is 53.2 cm³/mol. The number of aliphatic hydroxyl groups excluding tert-OH is 1. The minimum absolute atomic E-state index is 0.186. The van der Waals surface area contributed by atoms with Crippen LogP contribution >= 0.6 is 0 Å². The monoisotopic (exact) mass is 233 g/mol. The molecule has 0 spiro atoms. The first-order valence-electron chi connectivity index (χ1n) is 4.40. The van der Waals surface area contributed by atoms with Gasteiger partial charge in [0.25, 0.3) is 0 Å². The molecule has 0 radical (unpaired) electrons. The van der Waals surface area contributed by atoms with Gasteiger partial charge in [-0.3, -0.25) is 0 Å². The number of nitrogens with one attached hydrogen (secondary N) is 1. The summed E-state index contributed by atoms with van der Waals surface area (Å²) >= 11 is 0. The van der Waals surface area contributed by atoms with E-state index in [9.17, 15) is 12.8 Å². The molecule has 2 N–H and O–H groups in total. The van der Waals surface area contributed by atoms with Crippen molar-refractivity contribution in [2.45, 2.75) is 18.4 Å². The normalized spacial score (nSPS) is 11.7. The third kappa shape index (κ3) is 2.74. The summed E-state index contributed by atoms with van der Waals surface area (Å²) in [6.07, 6.45) is 0. The number of rotatable bonds is 4.